The summed E-state index contributed by atoms with van der Waals surface area (Å²) in [4.78, 5) is 25.5. The summed E-state index contributed by atoms with van der Waals surface area (Å²) in [6.45, 7) is 4.64. The molecule has 2 atom stereocenters. The van der Waals surface area contributed by atoms with Crippen LogP contribution in [0.2, 0.25) is 0 Å². The van der Waals surface area contributed by atoms with Crippen LogP contribution >= 0.6 is 15.2 Å². The van der Waals surface area contributed by atoms with E-state index in [2.05, 4.69) is 10.6 Å². The van der Waals surface area contributed by atoms with Crippen LogP contribution < -0.4 is 16.4 Å². The van der Waals surface area contributed by atoms with Crippen LogP contribution in [0, 0.1) is 0 Å². The fourth-order valence-electron chi connectivity index (χ4n) is 4.32. The predicted molar refractivity (Wildman–Crippen MR) is 164 cm³/mol. The van der Waals surface area contributed by atoms with E-state index in [9.17, 15) is 18.7 Å². The third kappa shape index (κ3) is 9.25. The van der Waals surface area contributed by atoms with E-state index in [1.54, 1.807) is 0 Å². The summed E-state index contributed by atoms with van der Waals surface area (Å²) in [5.41, 5.74) is -2.27. The SMILES string of the molecule is CCOP(=O)(OCC)C(F)(F)c1ccc(C[C@H](NC(=O)[C@@H](N)Cc2ccc(C(F)(F)P(=O)(OCC)OCC)cc2)C(=O)NC)cc1. The first-order chi connectivity index (χ1) is 21.5. The van der Waals surface area contributed by atoms with Crippen molar-refractivity contribution in [3.8, 4) is 0 Å². The molecule has 11 nitrogen and oxygen atoms in total. The topological polar surface area (TPSA) is 155 Å². The lowest BCUT2D eigenvalue weighted by molar-refractivity contribution is -0.129. The van der Waals surface area contributed by atoms with Crippen molar-refractivity contribution in [1.29, 1.82) is 0 Å². The standard InChI is InChI=1S/C29H41F4N3O8P2/c1-6-41-45(39,42-7-2)28(30,31)22-14-10-20(11-15-22)18-24(34)26(37)36-25(27(38)35-5)19-21-12-16-23(17-13-21)29(32,33)46(40,43-8-3)44-9-4/h10-17,24-25H,6-9,18-19,34H2,1-5H3,(H,35,38)(H,36,37)/t24-,25-/m0/s1. The molecule has 0 aromatic heterocycles. The minimum Gasteiger partial charge on any atom is -0.357 e. The van der Waals surface area contributed by atoms with E-state index in [0.717, 1.165) is 24.3 Å². The van der Waals surface area contributed by atoms with Crippen molar-refractivity contribution in [3.05, 3.63) is 70.8 Å². The Kier molecular flexibility index (Phi) is 14.6. The van der Waals surface area contributed by atoms with Gasteiger partial charge in [0.2, 0.25) is 11.8 Å². The van der Waals surface area contributed by atoms with Crippen molar-refractivity contribution in [1.82, 2.24) is 10.6 Å². The van der Waals surface area contributed by atoms with Crippen molar-refractivity contribution < 1.29 is 54.4 Å². The predicted octanol–water partition coefficient (Wildman–Crippen LogP) is 5.66. The molecule has 46 heavy (non-hydrogen) atoms. The molecule has 2 rings (SSSR count). The second-order valence-corrected chi connectivity index (χ2v) is 14.0. The van der Waals surface area contributed by atoms with Crippen LogP contribution in [0.4, 0.5) is 17.6 Å². The summed E-state index contributed by atoms with van der Waals surface area (Å²) < 4.78 is 105. The molecule has 2 aromatic carbocycles. The summed E-state index contributed by atoms with van der Waals surface area (Å²) in [5, 5.41) is 4.94. The molecule has 0 aliphatic rings. The number of carbonyl (C=O) groups excluding carboxylic acids is 2. The zero-order chi connectivity index (χ0) is 34.8. The van der Waals surface area contributed by atoms with Gasteiger partial charge in [0.05, 0.1) is 32.5 Å². The fourth-order valence-corrected chi connectivity index (χ4v) is 7.41. The van der Waals surface area contributed by atoms with Gasteiger partial charge in [-0.1, -0.05) is 48.5 Å². The number of nitrogens with two attached hydrogens (primary N) is 1. The van der Waals surface area contributed by atoms with Gasteiger partial charge in [-0.2, -0.15) is 17.6 Å². The largest absolute Gasteiger partial charge is 0.404 e. The first kappa shape index (κ1) is 39.5. The number of likely N-dealkylation sites (N-methyl/N-ethyl adjacent to an activating group) is 1. The molecule has 0 saturated carbocycles. The monoisotopic (exact) mass is 697 g/mol. The first-order valence-electron chi connectivity index (χ1n) is 14.6. The molecule has 0 aliphatic heterocycles. The Morgan fingerprint density at radius 1 is 0.696 bits per heavy atom. The van der Waals surface area contributed by atoms with Crippen molar-refractivity contribution in [3.63, 3.8) is 0 Å². The number of nitrogens with one attached hydrogen (secondary N) is 2. The zero-order valence-electron chi connectivity index (χ0n) is 26.3. The van der Waals surface area contributed by atoms with E-state index in [-0.39, 0.29) is 39.3 Å². The molecule has 4 N–H and O–H groups in total. The average Bonchev–Trinajstić information content (AvgIpc) is 3.01. The zero-order valence-corrected chi connectivity index (χ0v) is 28.1. The molecule has 2 amide bonds. The number of halogens is 4. The van der Waals surface area contributed by atoms with Gasteiger partial charge >= 0.3 is 26.5 Å². The van der Waals surface area contributed by atoms with Gasteiger partial charge in [-0.15, -0.1) is 0 Å². The highest BCUT2D eigenvalue weighted by Gasteiger charge is 2.55. The van der Waals surface area contributed by atoms with Crippen molar-refractivity contribution in [2.24, 2.45) is 5.73 Å². The molecule has 0 bridgehead atoms. The van der Waals surface area contributed by atoms with Crippen LogP contribution in [0.5, 0.6) is 0 Å². The van der Waals surface area contributed by atoms with Crippen molar-refractivity contribution >= 4 is 27.0 Å². The molecule has 2 aromatic rings. The minimum absolute atomic E-state index is 0.101. The summed E-state index contributed by atoms with van der Waals surface area (Å²) in [6, 6.07) is 6.95. The highest BCUT2D eigenvalue weighted by Crippen LogP contribution is 2.67. The van der Waals surface area contributed by atoms with E-state index < -0.39 is 61.5 Å². The summed E-state index contributed by atoms with van der Waals surface area (Å²) in [6.07, 6.45) is -0.210. The Bertz CT molecular complexity index is 1380. The van der Waals surface area contributed by atoms with E-state index in [4.69, 9.17) is 23.8 Å². The Hall–Kier alpha value is -2.64. The van der Waals surface area contributed by atoms with Gasteiger partial charge < -0.3 is 34.5 Å². The van der Waals surface area contributed by atoms with E-state index in [1.807, 2.05) is 0 Å². The number of alkyl halides is 4. The molecule has 0 unspecified atom stereocenters. The van der Waals surface area contributed by atoms with Gasteiger partial charge in [0.25, 0.3) is 0 Å². The molecule has 17 heteroatoms. The third-order valence-electron chi connectivity index (χ3n) is 6.60. The van der Waals surface area contributed by atoms with Gasteiger partial charge in [-0.25, -0.2) is 0 Å². The van der Waals surface area contributed by atoms with Gasteiger partial charge in [-0.3, -0.25) is 18.7 Å². The van der Waals surface area contributed by atoms with Crippen LogP contribution in [0.1, 0.15) is 49.9 Å². The number of rotatable bonds is 19. The Labute approximate surface area is 265 Å². The summed E-state index contributed by atoms with van der Waals surface area (Å²) in [5.74, 6) is -1.33. The molecule has 0 fully saturated rings. The Balaban J connectivity index is 2.16. The number of carbonyl (C=O) groups is 2. The second kappa shape index (κ2) is 17.0. The average molecular weight is 698 g/mol. The van der Waals surface area contributed by atoms with Gasteiger partial charge in [0, 0.05) is 24.6 Å². The van der Waals surface area contributed by atoms with E-state index in [0.29, 0.717) is 11.1 Å². The highest BCUT2D eigenvalue weighted by atomic mass is 31.2. The minimum atomic E-state index is -4.82. The molecular weight excluding hydrogens is 656 g/mol. The number of amides is 2. The fraction of sp³-hybridized carbons (Fsp3) is 0.517. The summed E-state index contributed by atoms with van der Waals surface area (Å²) in [7, 11) is -8.28. The van der Waals surface area contributed by atoms with Crippen LogP contribution in [0.25, 0.3) is 0 Å². The second-order valence-electron chi connectivity index (χ2n) is 9.83. The quantitative estimate of drug-likeness (QED) is 0.125. The molecule has 0 spiro atoms. The molecule has 0 radical (unpaired) electrons. The lowest BCUT2D eigenvalue weighted by Gasteiger charge is -2.26. The maximum absolute atomic E-state index is 15.1. The van der Waals surface area contributed by atoms with Gasteiger partial charge in [0.15, 0.2) is 0 Å². The van der Waals surface area contributed by atoms with Crippen LogP contribution in [-0.2, 0) is 61.0 Å². The van der Waals surface area contributed by atoms with Crippen molar-refractivity contribution in [2.75, 3.05) is 33.5 Å². The Morgan fingerprint density at radius 2 is 1.04 bits per heavy atom. The van der Waals surface area contributed by atoms with Crippen molar-refractivity contribution in [2.45, 2.75) is 63.9 Å². The lowest BCUT2D eigenvalue weighted by Crippen LogP contribution is -2.52. The summed E-state index contributed by atoms with van der Waals surface area (Å²) >= 11 is 0. The maximum Gasteiger partial charge on any atom is 0.404 e. The maximum atomic E-state index is 15.1. The Morgan fingerprint density at radius 3 is 1.37 bits per heavy atom. The molecule has 0 heterocycles. The number of hydrogen-bond donors (Lipinski definition) is 3. The van der Waals surface area contributed by atoms with Crippen LogP contribution in [0.15, 0.2) is 48.5 Å². The van der Waals surface area contributed by atoms with Gasteiger partial charge in [0.1, 0.15) is 6.04 Å². The highest BCUT2D eigenvalue weighted by molar-refractivity contribution is 7.55. The smallest absolute Gasteiger partial charge is 0.357 e. The van der Waals surface area contributed by atoms with E-state index in [1.165, 1.54) is 59.0 Å². The molecule has 0 saturated heterocycles. The number of hydrogen-bond acceptors (Lipinski definition) is 9. The number of benzene rings is 2. The first-order valence-corrected chi connectivity index (χ1v) is 17.6. The molecular formula is C29H41F4N3O8P2. The van der Waals surface area contributed by atoms with Crippen LogP contribution in [0.3, 0.4) is 0 Å². The van der Waals surface area contributed by atoms with E-state index >= 15 is 17.6 Å². The lowest BCUT2D eigenvalue weighted by atomic mass is 10.0. The van der Waals surface area contributed by atoms with Gasteiger partial charge in [-0.05, 0) is 45.2 Å². The normalized spacial score (nSPS) is 14.0. The van der Waals surface area contributed by atoms with Crippen LogP contribution in [-0.4, -0.2) is 57.4 Å². The molecule has 258 valence electrons. The third-order valence-corrected chi connectivity index (χ3v) is 10.9. The molecule has 0 aliphatic carbocycles.